The lowest BCUT2D eigenvalue weighted by Crippen LogP contribution is -2.56. The van der Waals surface area contributed by atoms with Gasteiger partial charge in [-0.15, -0.1) is 0 Å². The number of nitrogens with two attached hydrogens (primary N) is 2. The maximum Gasteiger partial charge on any atom is 0.330 e. The summed E-state index contributed by atoms with van der Waals surface area (Å²) < 4.78 is 0. The van der Waals surface area contributed by atoms with E-state index in [0.29, 0.717) is 10.0 Å². The molecular weight excluding hydrogens is 348 g/mol. The molecule has 0 saturated heterocycles. The summed E-state index contributed by atoms with van der Waals surface area (Å²) in [7, 11) is 0. The fourth-order valence-corrected chi connectivity index (χ4v) is 1.69. The number of aliphatic carboxylic acids is 2. The lowest BCUT2D eigenvalue weighted by Gasteiger charge is -2.34. The molecule has 0 aliphatic heterocycles. The van der Waals surface area contributed by atoms with E-state index in [-0.39, 0.29) is 24.2 Å². The average Bonchev–Trinajstić information content (AvgIpc) is 2.58. The third-order valence-electron chi connectivity index (χ3n) is 3.84. The minimum absolute atomic E-state index is 0.236. The highest BCUT2D eigenvalue weighted by Crippen LogP contribution is 2.27. The maximum atomic E-state index is 11.4. The van der Waals surface area contributed by atoms with Crippen molar-refractivity contribution in [1.29, 1.82) is 0 Å². The Balaban J connectivity index is 3.64. The number of anilines is 2. The standard InChI is InChI=1S/C14H20N6O6/c1-13(2,11(23)24)19(15)9-7(5-21)18-10(8(6-22)17-9)20(16)14(3,4)12(25)26/h5-6H,15-16H2,1-4H3,(H,23,24)(H,25,26). The molecule has 0 atom stereocenters. The van der Waals surface area contributed by atoms with Crippen LogP contribution in [0.15, 0.2) is 0 Å². The van der Waals surface area contributed by atoms with E-state index in [9.17, 15) is 29.4 Å². The van der Waals surface area contributed by atoms with Crippen LogP contribution in [0, 0.1) is 0 Å². The van der Waals surface area contributed by atoms with Crippen LogP contribution in [-0.2, 0) is 9.59 Å². The first-order valence-corrected chi connectivity index (χ1v) is 7.21. The minimum Gasteiger partial charge on any atom is -0.479 e. The van der Waals surface area contributed by atoms with Crippen LogP contribution in [0.25, 0.3) is 0 Å². The Labute approximate surface area is 148 Å². The first-order valence-electron chi connectivity index (χ1n) is 7.21. The number of carbonyl (C=O) groups is 4. The Morgan fingerprint density at radius 2 is 1.12 bits per heavy atom. The monoisotopic (exact) mass is 368 g/mol. The van der Waals surface area contributed by atoms with E-state index in [1.54, 1.807) is 0 Å². The van der Waals surface area contributed by atoms with Crippen molar-refractivity contribution >= 4 is 36.1 Å². The molecular formula is C14H20N6O6. The number of carboxylic acid groups (broad SMARTS) is 2. The SMILES string of the molecule is CC(C)(C(=O)O)N(N)c1nc(C=O)c(N(N)C(C)(C)C(=O)O)nc1C=O. The van der Waals surface area contributed by atoms with E-state index in [2.05, 4.69) is 9.97 Å². The van der Waals surface area contributed by atoms with Gasteiger partial charge in [-0.05, 0) is 27.7 Å². The molecule has 1 rings (SSSR count). The molecule has 1 heterocycles. The van der Waals surface area contributed by atoms with Crippen LogP contribution in [0.5, 0.6) is 0 Å². The quantitative estimate of drug-likeness (QED) is 0.253. The summed E-state index contributed by atoms with van der Waals surface area (Å²) >= 11 is 0. The number of carbonyl (C=O) groups excluding carboxylic acids is 2. The summed E-state index contributed by atoms with van der Waals surface area (Å²) in [6.45, 7) is 5.01. The predicted molar refractivity (Wildman–Crippen MR) is 89.6 cm³/mol. The normalized spacial score (nSPS) is 11.6. The van der Waals surface area contributed by atoms with Crippen LogP contribution >= 0.6 is 0 Å². The highest BCUT2D eigenvalue weighted by molar-refractivity contribution is 5.90. The molecule has 0 aromatic carbocycles. The molecule has 0 spiro atoms. The zero-order valence-electron chi connectivity index (χ0n) is 14.6. The van der Waals surface area contributed by atoms with Crippen LogP contribution < -0.4 is 21.7 Å². The summed E-state index contributed by atoms with van der Waals surface area (Å²) in [5.74, 6) is 8.16. The van der Waals surface area contributed by atoms with E-state index >= 15 is 0 Å². The van der Waals surface area contributed by atoms with Crippen LogP contribution in [0.2, 0.25) is 0 Å². The number of carboxylic acids is 2. The largest absolute Gasteiger partial charge is 0.479 e. The second-order valence-corrected chi connectivity index (χ2v) is 6.35. The van der Waals surface area contributed by atoms with Crippen LogP contribution in [0.3, 0.4) is 0 Å². The smallest absolute Gasteiger partial charge is 0.330 e. The van der Waals surface area contributed by atoms with Gasteiger partial charge in [0.05, 0.1) is 0 Å². The lowest BCUT2D eigenvalue weighted by atomic mass is 10.0. The highest BCUT2D eigenvalue weighted by atomic mass is 16.4. The minimum atomic E-state index is -1.68. The molecule has 26 heavy (non-hydrogen) atoms. The van der Waals surface area contributed by atoms with Crippen molar-refractivity contribution in [2.24, 2.45) is 11.7 Å². The number of nitrogens with zero attached hydrogens (tertiary/aromatic N) is 4. The molecule has 0 amide bonds. The average molecular weight is 368 g/mol. The summed E-state index contributed by atoms with van der Waals surface area (Å²) in [4.78, 5) is 53.2. The number of rotatable bonds is 8. The summed E-state index contributed by atoms with van der Waals surface area (Å²) in [5.41, 5.74) is -4.20. The first-order chi connectivity index (χ1) is 11.8. The van der Waals surface area contributed by atoms with Crippen LogP contribution in [0.1, 0.15) is 48.7 Å². The van der Waals surface area contributed by atoms with E-state index in [1.165, 1.54) is 27.7 Å². The number of hydrogen-bond acceptors (Lipinski definition) is 10. The molecule has 6 N–H and O–H groups in total. The summed E-state index contributed by atoms with van der Waals surface area (Å²) in [5, 5.41) is 19.9. The summed E-state index contributed by atoms with van der Waals surface area (Å²) in [6.07, 6.45) is 0.472. The van der Waals surface area contributed by atoms with Crippen LogP contribution in [0.4, 0.5) is 11.6 Å². The van der Waals surface area contributed by atoms with Gasteiger partial charge >= 0.3 is 11.9 Å². The topological polar surface area (TPSA) is 193 Å². The third-order valence-corrected chi connectivity index (χ3v) is 3.84. The van der Waals surface area contributed by atoms with E-state index in [0.717, 1.165) is 0 Å². The van der Waals surface area contributed by atoms with E-state index in [4.69, 9.17) is 11.7 Å². The number of hydrogen-bond donors (Lipinski definition) is 4. The van der Waals surface area contributed by atoms with Gasteiger partial charge in [0, 0.05) is 0 Å². The van der Waals surface area contributed by atoms with Crippen molar-refractivity contribution < 1.29 is 29.4 Å². The van der Waals surface area contributed by atoms with Crippen molar-refractivity contribution in [2.75, 3.05) is 10.0 Å². The Kier molecular flexibility index (Phi) is 5.64. The fourth-order valence-electron chi connectivity index (χ4n) is 1.69. The van der Waals surface area contributed by atoms with E-state index < -0.39 is 34.4 Å². The molecule has 0 bridgehead atoms. The molecule has 0 aliphatic carbocycles. The van der Waals surface area contributed by atoms with Gasteiger partial charge in [0.1, 0.15) is 22.5 Å². The Morgan fingerprint density at radius 1 is 0.846 bits per heavy atom. The van der Waals surface area contributed by atoms with Gasteiger partial charge in [-0.25, -0.2) is 31.2 Å². The molecule has 142 valence electrons. The van der Waals surface area contributed by atoms with Gasteiger partial charge in [0.2, 0.25) is 0 Å². The molecule has 1 aromatic heterocycles. The van der Waals surface area contributed by atoms with E-state index in [1.807, 2.05) is 0 Å². The van der Waals surface area contributed by atoms with Crippen molar-refractivity contribution in [2.45, 2.75) is 38.8 Å². The molecule has 12 heteroatoms. The maximum absolute atomic E-state index is 11.4. The second kappa shape index (κ2) is 7.01. The zero-order valence-corrected chi connectivity index (χ0v) is 14.6. The molecule has 0 radical (unpaired) electrons. The third kappa shape index (κ3) is 3.45. The predicted octanol–water partition coefficient (Wildman–Crippen LogP) is -0.812. The zero-order chi connectivity index (χ0) is 20.4. The number of aldehydes is 2. The van der Waals surface area contributed by atoms with Crippen LogP contribution in [-0.4, -0.2) is 55.8 Å². The Hall–Kier alpha value is -3.12. The van der Waals surface area contributed by atoms with Crippen molar-refractivity contribution in [3.05, 3.63) is 11.4 Å². The van der Waals surface area contributed by atoms with Crippen molar-refractivity contribution in [1.82, 2.24) is 9.97 Å². The van der Waals surface area contributed by atoms with Gasteiger partial charge in [-0.1, -0.05) is 0 Å². The molecule has 12 nitrogen and oxygen atoms in total. The lowest BCUT2D eigenvalue weighted by molar-refractivity contribution is -0.143. The second-order valence-electron chi connectivity index (χ2n) is 6.35. The van der Waals surface area contributed by atoms with Gasteiger partial charge in [0.15, 0.2) is 24.2 Å². The summed E-state index contributed by atoms with van der Waals surface area (Å²) in [6, 6.07) is 0. The molecule has 0 aliphatic rings. The Morgan fingerprint density at radius 3 is 1.31 bits per heavy atom. The number of hydrazine groups is 2. The molecule has 0 saturated carbocycles. The first kappa shape index (κ1) is 20.9. The highest BCUT2D eigenvalue weighted by Gasteiger charge is 2.38. The Bertz CT molecular complexity index is 699. The fraction of sp³-hybridized carbons (Fsp3) is 0.429. The number of aromatic nitrogens is 2. The van der Waals surface area contributed by atoms with Crippen molar-refractivity contribution in [3.63, 3.8) is 0 Å². The van der Waals surface area contributed by atoms with Gasteiger partial charge in [0.25, 0.3) is 0 Å². The van der Waals surface area contributed by atoms with Gasteiger partial charge in [-0.2, -0.15) is 0 Å². The van der Waals surface area contributed by atoms with Gasteiger partial charge < -0.3 is 10.2 Å². The van der Waals surface area contributed by atoms with Crippen molar-refractivity contribution in [3.8, 4) is 0 Å². The molecule has 0 unspecified atom stereocenters. The molecule has 0 fully saturated rings. The van der Waals surface area contributed by atoms with Gasteiger partial charge in [-0.3, -0.25) is 19.6 Å². The molecule has 1 aromatic rings.